The van der Waals surface area contributed by atoms with Crippen LogP contribution in [0.2, 0.25) is 0 Å². The number of aromatic nitrogens is 1. The van der Waals surface area contributed by atoms with Crippen LogP contribution in [0, 0.1) is 17.1 Å². The largest absolute Gasteiger partial charge is 0.368 e. The van der Waals surface area contributed by atoms with Crippen molar-refractivity contribution in [2.24, 2.45) is 0 Å². The first-order valence-corrected chi connectivity index (χ1v) is 11.7. The van der Waals surface area contributed by atoms with Crippen LogP contribution in [0.5, 0.6) is 0 Å². The zero-order valence-corrected chi connectivity index (χ0v) is 18.8. The summed E-state index contributed by atoms with van der Waals surface area (Å²) >= 11 is 0. The number of piperazine rings is 2. The molecule has 6 rings (SSSR count). The Hall–Kier alpha value is -3.21. The number of hydrogen-bond donors (Lipinski definition) is 1. The number of hydrogen-bond acceptors (Lipinski definition) is 6. The summed E-state index contributed by atoms with van der Waals surface area (Å²) < 4.78 is 15.3. The van der Waals surface area contributed by atoms with Gasteiger partial charge in [-0.05, 0) is 54.4 Å². The predicted octanol–water partition coefficient (Wildman–Crippen LogP) is 3.42. The normalized spacial score (nSPS) is 22.8. The molecule has 3 aliphatic rings. The van der Waals surface area contributed by atoms with Crippen molar-refractivity contribution in [3.05, 3.63) is 65.1 Å². The first kappa shape index (κ1) is 20.4. The maximum atomic E-state index is 15.3. The standard InChI is InChI=1S/C26H27FN6/c1-17-14-32(23-5-4-18(13-28)26-20(23)3-2-6-30-26)16-25-21-12-22(27)24(11-19(21)15-33(17)25)31-9-7-29-8-10-31/h2-6,11-12,17,25,29H,7-10,14-16H2,1H3/t17-,25-/m1/s1. The van der Waals surface area contributed by atoms with E-state index in [0.717, 1.165) is 73.7 Å². The highest BCUT2D eigenvalue weighted by atomic mass is 19.1. The molecule has 0 aliphatic carbocycles. The van der Waals surface area contributed by atoms with Crippen LogP contribution in [0.1, 0.15) is 29.7 Å². The van der Waals surface area contributed by atoms with Gasteiger partial charge in [0.1, 0.15) is 11.9 Å². The Morgan fingerprint density at radius 1 is 1.09 bits per heavy atom. The van der Waals surface area contributed by atoms with Crippen molar-refractivity contribution in [1.29, 1.82) is 5.26 Å². The van der Waals surface area contributed by atoms with Gasteiger partial charge in [-0.15, -0.1) is 0 Å². The smallest absolute Gasteiger partial charge is 0.146 e. The van der Waals surface area contributed by atoms with E-state index in [1.54, 1.807) is 12.3 Å². The molecular formula is C26H27FN6. The van der Waals surface area contributed by atoms with Crippen molar-refractivity contribution in [2.75, 3.05) is 49.1 Å². The highest BCUT2D eigenvalue weighted by Crippen LogP contribution is 2.43. The van der Waals surface area contributed by atoms with Crippen LogP contribution in [0.3, 0.4) is 0 Å². The van der Waals surface area contributed by atoms with Crippen LogP contribution in [0.25, 0.3) is 10.9 Å². The number of rotatable bonds is 2. The molecule has 2 saturated heterocycles. The lowest BCUT2D eigenvalue weighted by atomic mass is 9.99. The summed E-state index contributed by atoms with van der Waals surface area (Å²) in [6.45, 7) is 8.26. The molecule has 0 unspecified atom stereocenters. The number of nitrogens with one attached hydrogen (secondary N) is 1. The van der Waals surface area contributed by atoms with Crippen molar-refractivity contribution in [3.8, 4) is 6.07 Å². The highest BCUT2D eigenvalue weighted by Gasteiger charge is 2.40. The molecule has 0 saturated carbocycles. The minimum Gasteiger partial charge on any atom is -0.368 e. The second kappa shape index (κ2) is 7.98. The fourth-order valence-corrected chi connectivity index (χ4v) is 5.79. The minimum absolute atomic E-state index is 0.115. The Morgan fingerprint density at radius 3 is 2.76 bits per heavy atom. The van der Waals surface area contributed by atoms with Gasteiger partial charge in [0, 0.05) is 69.1 Å². The van der Waals surface area contributed by atoms with E-state index in [2.05, 4.69) is 44.1 Å². The first-order chi connectivity index (χ1) is 16.1. The predicted molar refractivity (Wildman–Crippen MR) is 128 cm³/mol. The number of nitriles is 1. The third kappa shape index (κ3) is 3.33. The van der Waals surface area contributed by atoms with Crippen LogP contribution in [-0.2, 0) is 6.54 Å². The van der Waals surface area contributed by atoms with Gasteiger partial charge in [-0.1, -0.05) is 0 Å². The van der Waals surface area contributed by atoms with E-state index in [9.17, 15) is 5.26 Å². The number of pyridine rings is 1. The quantitative estimate of drug-likeness (QED) is 0.656. The molecule has 2 fully saturated rings. The van der Waals surface area contributed by atoms with Gasteiger partial charge in [0.25, 0.3) is 0 Å². The second-order valence-corrected chi connectivity index (χ2v) is 9.33. The van der Waals surface area contributed by atoms with Gasteiger partial charge in [-0.25, -0.2) is 4.39 Å². The van der Waals surface area contributed by atoms with Gasteiger partial charge in [-0.3, -0.25) is 9.88 Å². The molecule has 7 heteroatoms. The van der Waals surface area contributed by atoms with E-state index in [1.807, 2.05) is 24.3 Å². The highest BCUT2D eigenvalue weighted by molar-refractivity contribution is 5.95. The van der Waals surface area contributed by atoms with Gasteiger partial charge in [-0.2, -0.15) is 5.26 Å². The van der Waals surface area contributed by atoms with Crippen molar-refractivity contribution in [3.63, 3.8) is 0 Å². The third-order valence-corrected chi connectivity index (χ3v) is 7.43. The average Bonchev–Trinajstić information content (AvgIpc) is 3.21. The van der Waals surface area contributed by atoms with E-state index in [-0.39, 0.29) is 11.9 Å². The van der Waals surface area contributed by atoms with E-state index >= 15 is 4.39 Å². The fraction of sp³-hybridized carbons (Fsp3) is 0.385. The molecular weight excluding hydrogens is 415 g/mol. The summed E-state index contributed by atoms with van der Waals surface area (Å²) in [5.74, 6) is -0.115. The maximum Gasteiger partial charge on any atom is 0.146 e. The maximum absolute atomic E-state index is 15.3. The fourth-order valence-electron chi connectivity index (χ4n) is 5.79. The van der Waals surface area contributed by atoms with Gasteiger partial charge < -0.3 is 15.1 Å². The molecule has 0 amide bonds. The number of fused-ring (bicyclic) bond motifs is 4. The average molecular weight is 443 g/mol. The molecule has 0 bridgehead atoms. The van der Waals surface area contributed by atoms with Crippen LogP contribution >= 0.6 is 0 Å². The van der Waals surface area contributed by atoms with Gasteiger partial charge in [0.15, 0.2) is 0 Å². The lowest BCUT2D eigenvalue weighted by Gasteiger charge is -2.43. The lowest BCUT2D eigenvalue weighted by molar-refractivity contribution is 0.134. The SMILES string of the molecule is C[C@@H]1CN(c2ccc(C#N)c3ncccc23)C[C@@H]2c3cc(F)c(N4CCNCC4)cc3CN12. The van der Waals surface area contributed by atoms with Crippen LogP contribution < -0.4 is 15.1 Å². The number of nitrogens with zero attached hydrogens (tertiary/aromatic N) is 5. The van der Waals surface area contributed by atoms with Crippen LogP contribution in [0.4, 0.5) is 15.8 Å². The molecule has 168 valence electrons. The van der Waals surface area contributed by atoms with E-state index in [4.69, 9.17) is 0 Å². The van der Waals surface area contributed by atoms with Crippen molar-refractivity contribution < 1.29 is 4.39 Å². The lowest BCUT2D eigenvalue weighted by Crippen LogP contribution is -2.51. The van der Waals surface area contributed by atoms with Crippen LogP contribution in [-0.4, -0.2) is 55.2 Å². The zero-order chi connectivity index (χ0) is 22.5. The van der Waals surface area contributed by atoms with Crippen molar-refractivity contribution in [2.45, 2.75) is 25.6 Å². The van der Waals surface area contributed by atoms with Crippen molar-refractivity contribution in [1.82, 2.24) is 15.2 Å². The summed E-state index contributed by atoms with van der Waals surface area (Å²) in [6.07, 6.45) is 1.74. The molecule has 3 aliphatic heterocycles. The molecule has 0 radical (unpaired) electrons. The van der Waals surface area contributed by atoms with E-state index in [0.29, 0.717) is 11.6 Å². The number of anilines is 2. The Kier molecular flexibility index (Phi) is 4.93. The second-order valence-electron chi connectivity index (χ2n) is 9.33. The van der Waals surface area contributed by atoms with Gasteiger partial charge >= 0.3 is 0 Å². The summed E-state index contributed by atoms with van der Waals surface area (Å²) in [5, 5.41) is 13.8. The molecule has 0 spiro atoms. The summed E-state index contributed by atoms with van der Waals surface area (Å²) in [5.41, 5.74) is 5.52. The topological polar surface area (TPSA) is 58.4 Å². The van der Waals surface area contributed by atoms with Gasteiger partial charge in [0.05, 0.1) is 22.8 Å². The monoisotopic (exact) mass is 442 g/mol. The number of benzene rings is 2. The molecule has 2 aromatic carbocycles. The molecule has 1 N–H and O–H groups in total. The Labute approximate surface area is 193 Å². The number of halogens is 1. The third-order valence-electron chi connectivity index (χ3n) is 7.43. The molecule has 6 nitrogen and oxygen atoms in total. The molecule has 1 aromatic heterocycles. The molecule has 2 atom stereocenters. The van der Waals surface area contributed by atoms with E-state index in [1.165, 1.54) is 5.56 Å². The Bertz CT molecular complexity index is 1260. The minimum atomic E-state index is -0.115. The van der Waals surface area contributed by atoms with Crippen LogP contribution in [0.15, 0.2) is 42.6 Å². The zero-order valence-electron chi connectivity index (χ0n) is 18.8. The van der Waals surface area contributed by atoms with Gasteiger partial charge in [0.2, 0.25) is 0 Å². The summed E-state index contributed by atoms with van der Waals surface area (Å²) in [4.78, 5) is 11.5. The summed E-state index contributed by atoms with van der Waals surface area (Å²) in [7, 11) is 0. The first-order valence-electron chi connectivity index (χ1n) is 11.7. The summed E-state index contributed by atoms with van der Waals surface area (Å²) in [6, 6.07) is 14.5. The van der Waals surface area contributed by atoms with E-state index < -0.39 is 0 Å². The Morgan fingerprint density at radius 2 is 1.94 bits per heavy atom. The molecule has 3 aromatic rings. The van der Waals surface area contributed by atoms with Crippen molar-refractivity contribution >= 4 is 22.3 Å². The molecule has 33 heavy (non-hydrogen) atoms. The Balaban J connectivity index is 1.36. The molecule has 4 heterocycles.